The van der Waals surface area contributed by atoms with Gasteiger partial charge < -0.3 is 14.4 Å². The number of ether oxygens (including phenoxy) is 2. The van der Waals surface area contributed by atoms with E-state index in [2.05, 4.69) is 145 Å². The number of hydrogen-bond donors (Lipinski definition) is 0. The van der Waals surface area contributed by atoms with E-state index >= 15 is 0 Å². The molecule has 5 aromatic rings. The van der Waals surface area contributed by atoms with E-state index in [-0.39, 0.29) is 28.4 Å². The first-order chi connectivity index (χ1) is 23.2. The highest BCUT2D eigenvalue weighted by atomic mass is 32.2. The predicted molar refractivity (Wildman–Crippen MR) is 204 cm³/mol. The topological polar surface area (TPSA) is 21.7 Å². The van der Waals surface area contributed by atoms with Crippen molar-refractivity contribution in [3.8, 4) is 23.0 Å². The quantitative estimate of drug-likeness (QED) is 0.164. The van der Waals surface area contributed by atoms with Crippen LogP contribution >= 0.6 is 11.8 Å². The van der Waals surface area contributed by atoms with Gasteiger partial charge in [0.2, 0.25) is 0 Å². The smallest absolute Gasteiger partial charge is 0.260 e. The van der Waals surface area contributed by atoms with Crippen molar-refractivity contribution < 1.29 is 9.47 Å². The van der Waals surface area contributed by atoms with Crippen LogP contribution in [0.4, 0.5) is 17.1 Å². The molecule has 0 spiro atoms. The van der Waals surface area contributed by atoms with Gasteiger partial charge in [-0.25, -0.2) is 0 Å². The Morgan fingerprint density at radius 1 is 0.531 bits per heavy atom. The summed E-state index contributed by atoms with van der Waals surface area (Å²) in [6, 6.07) is 31.7. The molecule has 0 bridgehead atoms. The van der Waals surface area contributed by atoms with Crippen LogP contribution in [0.3, 0.4) is 0 Å². The monoisotopic (exact) mass is 659 g/mol. The third kappa shape index (κ3) is 4.06. The average Bonchev–Trinajstić information content (AvgIpc) is 3.34. The summed E-state index contributed by atoms with van der Waals surface area (Å²) in [5.41, 5.74) is 13.1. The maximum Gasteiger partial charge on any atom is 0.260 e. The molecule has 3 nitrogen and oxygen atoms in total. The Labute approximate surface area is 295 Å². The van der Waals surface area contributed by atoms with E-state index in [0.29, 0.717) is 0 Å². The van der Waals surface area contributed by atoms with Gasteiger partial charge in [0.15, 0.2) is 0 Å². The molecule has 0 N–H and O–H groups in total. The van der Waals surface area contributed by atoms with Crippen LogP contribution in [-0.2, 0) is 21.7 Å². The second-order valence-electron chi connectivity index (χ2n) is 17.6. The van der Waals surface area contributed by atoms with Gasteiger partial charge in [0, 0.05) is 27.4 Å². The van der Waals surface area contributed by atoms with E-state index in [1.807, 2.05) is 11.8 Å². The molecule has 244 valence electrons. The summed E-state index contributed by atoms with van der Waals surface area (Å²) in [7, 11) is 0. The maximum atomic E-state index is 7.09. The molecule has 5 heteroatoms. The molecular formula is C44H42BNO2S. The van der Waals surface area contributed by atoms with Crippen molar-refractivity contribution in [3.05, 3.63) is 107 Å². The highest BCUT2D eigenvalue weighted by Crippen LogP contribution is 2.55. The SMILES string of the molecule is CC1(C)CC(C)(C)c2cc3c(cc21)Oc1cc(N2c4ccccc4Sc4ccccc42)cc2c1B3c1cc3c(cc1O2)C(C)(C)CC3(C)C. The van der Waals surface area contributed by atoms with Gasteiger partial charge in [-0.15, -0.1) is 0 Å². The van der Waals surface area contributed by atoms with Crippen molar-refractivity contribution >= 4 is 51.9 Å². The molecular weight excluding hydrogens is 617 g/mol. The number of fused-ring (bicyclic) bond motifs is 8. The Hall–Kier alpha value is -4.09. The normalized spacial score (nSPS) is 20.1. The van der Waals surface area contributed by atoms with Crippen LogP contribution in [0.15, 0.2) is 94.7 Å². The van der Waals surface area contributed by atoms with Crippen LogP contribution < -0.4 is 30.8 Å². The van der Waals surface area contributed by atoms with Crippen LogP contribution in [0.5, 0.6) is 23.0 Å². The first-order valence-corrected chi connectivity index (χ1v) is 18.6. The van der Waals surface area contributed by atoms with Crippen LogP contribution in [0.2, 0.25) is 0 Å². The zero-order valence-corrected chi connectivity index (χ0v) is 30.6. The van der Waals surface area contributed by atoms with E-state index in [1.54, 1.807) is 0 Å². The lowest BCUT2D eigenvalue weighted by Crippen LogP contribution is -2.58. The average molecular weight is 660 g/mol. The van der Waals surface area contributed by atoms with Gasteiger partial charge in [0.25, 0.3) is 6.71 Å². The summed E-state index contributed by atoms with van der Waals surface area (Å²) in [6.07, 6.45) is 2.24. The Bertz CT molecular complexity index is 2150. The molecule has 2 aliphatic carbocycles. The number of benzene rings is 5. The van der Waals surface area contributed by atoms with Gasteiger partial charge in [-0.2, -0.15) is 0 Å². The first-order valence-electron chi connectivity index (χ1n) is 17.8. The first kappa shape index (κ1) is 29.8. The number of rotatable bonds is 1. The van der Waals surface area contributed by atoms with Crippen molar-refractivity contribution in [3.63, 3.8) is 0 Å². The molecule has 0 fully saturated rings. The number of anilines is 3. The van der Waals surface area contributed by atoms with Crippen molar-refractivity contribution in [1.29, 1.82) is 0 Å². The van der Waals surface area contributed by atoms with Gasteiger partial charge >= 0.3 is 0 Å². The fourth-order valence-electron chi connectivity index (χ4n) is 10.5. The van der Waals surface area contributed by atoms with Crippen LogP contribution in [-0.4, -0.2) is 6.71 Å². The lowest BCUT2D eigenvalue weighted by molar-refractivity contribution is 0.402. The highest BCUT2D eigenvalue weighted by Gasteiger charge is 2.49. The van der Waals surface area contributed by atoms with Crippen molar-refractivity contribution in [2.75, 3.05) is 4.90 Å². The Kier molecular flexibility index (Phi) is 5.70. The molecule has 0 radical (unpaired) electrons. The Morgan fingerprint density at radius 3 is 1.39 bits per heavy atom. The van der Waals surface area contributed by atoms with E-state index in [9.17, 15) is 0 Å². The number of hydrogen-bond acceptors (Lipinski definition) is 4. The van der Waals surface area contributed by atoms with E-state index in [4.69, 9.17) is 9.47 Å². The number of nitrogens with zero attached hydrogens (tertiary/aromatic N) is 1. The van der Waals surface area contributed by atoms with Crippen molar-refractivity contribution in [2.24, 2.45) is 0 Å². The minimum absolute atomic E-state index is 0.0256. The van der Waals surface area contributed by atoms with Crippen molar-refractivity contribution in [2.45, 2.75) is 99.7 Å². The summed E-state index contributed by atoms with van der Waals surface area (Å²) in [5, 5.41) is 0. The zero-order chi connectivity index (χ0) is 33.8. The highest BCUT2D eigenvalue weighted by molar-refractivity contribution is 7.99. The van der Waals surface area contributed by atoms with E-state index in [0.717, 1.165) is 47.0 Å². The predicted octanol–water partition coefficient (Wildman–Crippen LogP) is 10.3. The molecule has 0 unspecified atom stereocenters. The van der Waals surface area contributed by atoms with Gasteiger partial charge in [0.1, 0.15) is 23.0 Å². The summed E-state index contributed by atoms with van der Waals surface area (Å²) < 4.78 is 14.2. The summed E-state index contributed by atoms with van der Waals surface area (Å²) in [6.45, 7) is 19.2. The molecule has 3 aliphatic heterocycles. The van der Waals surface area contributed by atoms with Crippen molar-refractivity contribution in [1.82, 2.24) is 0 Å². The molecule has 5 aromatic carbocycles. The summed E-state index contributed by atoms with van der Waals surface area (Å²) >= 11 is 1.83. The fourth-order valence-corrected chi connectivity index (χ4v) is 11.6. The second kappa shape index (κ2) is 9.37. The molecule has 0 atom stereocenters. The lowest BCUT2D eigenvalue weighted by Gasteiger charge is -2.37. The fraction of sp³-hybridized carbons (Fsp3) is 0.318. The summed E-state index contributed by atoms with van der Waals surface area (Å²) in [4.78, 5) is 4.86. The zero-order valence-electron chi connectivity index (χ0n) is 29.7. The third-order valence-electron chi connectivity index (χ3n) is 12.1. The van der Waals surface area contributed by atoms with E-state index < -0.39 is 0 Å². The Morgan fingerprint density at radius 2 is 0.939 bits per heavy atom. The molecule has 10 rings (SSSR count). The standard InChI is InChI=1S/C44H42BNO2S/c1-41(2)23-43(5,6)28-21-34-30(19-26(28)41)45-31-20-27-29(44(7,8)24-42(27,3)4)22-35(31)48-37-18-25(17-36(47-34)40(37)45)46-32-13-9-11-15-38(32)49-39-16-12-10-14-33(39)46/h9-22H,23-24H2,1-8H3. The molecule has 3 heterocycles. The van der Waals surface area contributed by atoms with Gasteiger partial charge in [-0.1, -0.05) is 104 Å². The molecule has 49 heavy (non-hydrogen) atoms. The molecule has 0 saturated heterocycles. The second-order valence-corrected chi connectivity index (χ2v) is 18.7. The minimum Gasteiger partial charge on any atom is -0.458 e. The van der Waals surface area contributed by atoms with Gasteiger partial charge in [-0.05, 0) is 104 Å². The molecule has 0 aromatic heterocycles. The van der Waals surface area contributed by atoms with Crippen LogP contribution in [0, 0.1) is 0 Å². The Balaban J connectivity index is 1.24. The van der Waals surface area contributed by atoms with Crippen LogP contribution in [0.25, 0.3) is 0 Å². The van der Waals surface area contributed by atoms with E-state index in [1.165, 1.54) is 54.3 Å². The lowest BCUT2D eigenvalue weighted by atomic mass is 9.34. The van der Waals surface area contributed by atoms with Crippen LogP contribution in [0.1, 0.15) is 90.5 Å². The summed E-state index contributed by atoms with van der Waals surface area (Å²) in [5.74, 6) is 3.74. The minimum atomic E-state index is 0.0256. The van der Waals surface area contributed by atoms with Gasteiger partial charge in [0.05, 0.1) is 17.1 Å². The molecule has 0 amide bonds. The third-order valence-corrected chi connectivity index (χ3v) is 13.2. The molecule has 0 saturated carbocycles. The molecule has 5 aliphatic rings. The number of para-hydroxylation sites is 2. The van der Waals surface area contributed by atoms with Gasteiger partial charge in [-0.3, -0.25) is 0 Å². The largest absolute Gasteiger partial charge is 0.458 e. The maximum absolute atomic E-state index is 7.09.